The second-order valence-electron chi connectivity index (χ2n) is 4.46. The Hall–Kier alpha value is -2.58. The Kier molecular flexibility index (Phi) is 4.41. The number of esters is 1. The molecule has 3 atom stereocenters. The van der Waals surface area contributed by atoms with Crippen LogP contribution in [0.25, 0.3) is 10.4 Å². The van der Waals surface area contributed by atoms with Gasteiger partial charge in [0.05, 0.1) is 6.04 Å². The molecule has 2 rings (SSSR count). The van der Waals surface area contributed by atoms with Crippen molar-refractivity contribution in [3.05, 3.63) is 43.5 Å². The van der Waals surface area contributed by atoms with E-state index in [9.17, 15) is 14.4 Å². The molecule has 1 aliphatic heterocycles. The van der Waals surface area contributed by atoms with Crippen LogP contribution in [0.15, 0.2) is 27.0 Å². The van der Waals surface area contributed by atoms with Gasteiger partial charge in [0.1, 0.15) is 18.9 Å². The van der Waals surface area contributed by atoms with E-state index in [1.165, 1.54) is 23.8 Å². The molecule has 0 saturated carbocycles. The summed E-state index contributed by atoms with van der Waals surface area (Å²) in [5.41, 5.74) is 7.41. The van der Waals surface area contributed by atoms with Gasteiger partial charge in [0.25, 0.3) is 5.56 Å². The molecule has 1 saturated heterocycles. The van der Waals surface area contributed by atoms with Gasteiger partial charge in [-0.2, -0.15) is 0 Å². The van der Waals surface area contributed by atoms with Gasteiger partial charge in [-0.05, 0) is 5.53 Å². The average Bonchev–Trinajstić information content (AvgIpc) is 2.80. The van der Waals surface area contributed by atoms with Crippen LogP contribution in [0, 0.1) is 0 Å². The molecule has 0 spiro atoms. The molecule has 21 heavy (non-hydrogen) atoms. The van der Waals surface area contributed by atoms with E-state index in [0.717, 1.165) is 0 Å². The third kappa shape index (κ3) is 3.50. The second-order valence-corrected chi connectivity index (χ2v) is 4.46. The Labute approximate surface area is 117 Å². The highest BCUT2D eigenvalue weighted by Gasteiger charge is 2.36. The lowest BCUT2D eigenvalue weighted by Crippen LogP contribution is -2.32. The zero-order chi connectivity index (χ0) is 15.4. The van der Waals surface area contributed by atoms with Crippen LogP contribution in [0.2, 0.25) is 0 Å². The van der Waals surface area contributed by atoms with Crippen molar-refractivity contribution in [3.63, 3.8) is 0 Å². The maximum atomic E-state index is 11.7. The fourth-order valence-electron chi connectivity index (χ4n) is 2.08. The van der Waals surface area contributed by atoms with E-state index in [1.807, 2.05) is 0 Å². The van der Waals surface area contributed by atoms with Crippen LogP contribution in [-0.2, 0) is 14.3 Å². The minimum absolute atomic E-state index is 0.0758. The highest BCUT2D eigenvalue weighted by Crippen LogP contribution is 2.30. The van der Waals surface area contributed by atoms with Gasteiger partial charge in [0.15, 0.2) is 0 Å². The number of nitrogens with zero attached hydrogens (tertiary/aromatic N) is 4. The maximum absolute atomic E-state index is 11.7. The van der Waals surface area contributed by atoms with Gasteiger partial charge in [-0.1, -0.05) is 5.11 Å². The number of carbonyl (C=O) groups is 1. The van der Waals surface area contributed by atoms with Crippen LogP contribution < -0.4 is 11.2 Å². The van der Waals surface area contributed by atoms with Crippen molar-refractivity contribution < 1.29 is 14.3 Å². The molecule has 0 aliphatic carbocycles. The standard InChI is InChI=1S/C11H13N5O5/c1-6(17)20-5-8-7(14-15-12)4-10(21-8)16-3-2-9(18)13-11(16)19/h2-3,7-8,10H,4-5H2,1H3,(H,13,18,19)/t7-,8-,10-/m1/s1. The number of hydrogen-bond donors (Lipinski definition) is 1. The zero-order valence-electron chi connectivity index (χ0n) is 11.1. The van der Waals surface area contributed by atoms with Gasteiger partial charge in [0.2, 0.25) is 0 Å². The van der Waals surface area contributed by atoms with Gasteiger partial charge >= 0.3 is 11.7 Å². The van der Waals surface area contributed by atoms with Crippen molar-refractivity contribution in [2.75, 3.05) is 6.61 Å². The molecule has 1 aromatic heterocycles. The van der Waals surface area contributed by atoms with E-state index in [0.29, 0.717) is 0 Å². The third-order valence-corrected chi connectivity index (χ3v) is 3.02. The molecule has 0 amide bonds. The quantitative estimate of drug-likeness (QED) is 0.362. The van der Waals surface area contributed by atoms with E-state index < -0.39 is 35.6 Å². The first-order chi connectivity index (χ1) is 10.0. The Morgan fingerprint density at radius 1 is 1.67 bits per heavy atom. The first-order valence-corrected chi connectivity index (χ1v) is 6.15. The van der Waals surface area contributed by atoms with E-state index in [4.69, 9.17) is 15.0 Å². The minimum atomic E-state index is -0.703. The van der Waals surface area contributed by atoms with Crippen LogP contribution in [-0.4, -0.2) is 34.3 Å². The largest absolute Gasteiger partial charge is 0.463 e. The molecule has 10 heteroatoms. The number of hydrogen-bond acceptors (Lipinski definition) is 6. The Bertz CT molecular complexity index is 689. The predicted molar refractivity (Wildman–Crippen MR) is 69.4 cm³/mol. The molecule has 0 aromatic carbocycles. The van der Waals surface area contributed by atoms with Gasteiger partial charge in [-0.15, -0.1) is 0 Å². The molecule has 0 radical (unpaired) electrons. The monoisotopic (exact) mass is 295 g/mol. The molecule has 10 nitrogen and oxygen atoms in total. The first kappa shape index (κ1) is 14.8. The summed E-state index contributed by atoms with van der Waals surface area (Å²) in [6, 6.07) is 0.616. The number of rotatable bonds is 4. The lowest BCUT2D eigenvalue weighted by molar-refractivity contribution is -0.146. The van der Waals surface area contributed by atoms with Crippen molar-refractivity contribution >= 4 is 5.97 Å². The van der Waals surface area contributed by atoms with Crippen molar-refractivity contribution in [3.8, 4) is 0 Å². The SMILES string of the molecule is CC(=O)OC[C@H]1O[C@@H](n2ccc(=O)[nH]c2=O)C[C@H]1N=[N+]=[N-]. The normalized spacial score (nSPS) is 24.3. The highest BCUT2D eigenvalue weighted by atomic mass is 16.6. The van der Waals surface area contributed by atoms with E-state index in [2.05, 4.69) is 15.0 Å². The molecular weight excluding hydrogens is 282 g/mol. The van der Waals surface area contributed by atoms with E-state index in [1.54, 1.807) is 0 Å². The summed E-state index contributed by atoms with van der Waals surface area (Å²) in [6.45, 7) is 1.18. The molecule has 1 fully saturated rings. The zero-order valence-corrected chi connectivity index (χ0v) is 11.1. The summed E-state index contributed by atoms with van der Waals surface area (Å²) >= 11 is 0. The molecule has 1 aromatic rings. The fraction of sp³-hybridized carbons (Fsp3) is 0.545. The molecule has 112 valence electrons. The number of azide groups is 1. The Balaban J connectivity index is 2.19. The molecule has 2 heterocycles. The predicted octanol–water partition coefficient (Wildman–Crippen LogP) is 0.0661. The topological polar surface area (TPSA) is 139 Å². The summed E-state index contributed by atoms with van der Waals surface area (Å²) in [6.07, 6.45) is 0.189. The smallest absolute Gasteiger partial charge is 0.330 e. The number of aromatic amines is 1. The summed E-state index contributed by atoms with van der Waals surface area (Å²) < 4.78 is 11.6. The van der Waals surface area contributed by atoms with Gasteiger partial charge in [-0.25, -0.2) is 4.79 Å². The molecule has 1 N–H and O–H groups in total. The minimum Gasteiger partial charge on any atom is -0.463 e. The van der Waals surface area contributed by atoms with Crippen molar-refractivity contribution in [2.24, 2.45) is 5.11 Å². The molecule has 0 bridgehead atoms. The van der Waals surface area contributed by atoms with Gasteiger partial charge in [0, 0.05) is 30.5 Å². The lowest BCUT2D eigenvalue weighted by Gasteiger charge is -2.15. The number of carbonyl (C=O) groups excluding carboxylic acids is 1. The Morgan fingerprint density at radius 3 is 3.05 bits per heavy atom. The van der Waals surface area contributed by atoms with Gasteiger partial charge in [-0.3, -0.25) is 19.1 Å². The second kappa shape index (κ2) is 6.25. The van der Waals surface area contributed by atoms with Crippen LogP contribution in [0.3, 0.4) is 0 Å². The third-order valence-electron chi connectivity index (χ3n) is 3.02. The highest BCUT2D eigenvalue weighted by molar-refractivity contribution is 5.65. The summed E-state index contributed by atoms with van der Waals surface area (Å²) in [4.78, 5) is 38.4. The van der Waals surface area contributed by atoms with Crippen molar-refractivity contribution in [1.29, 1.82) is 0 Å². The molecular formula is C11H13N5O5. The molecule has 0 unspecified atom stereocenters. The van der Waals surface area contributed by atoms with Crippen LogP contribution in [0.1, 0.15) is 19.6 Å². The molecule has 1 aliphatic rings. The summed E-state index contributed by atoms with van der Waals surface area (Å²) in [5, 5.41) is 3.58. The number of nitrogens with one attached hydrogen (secondary N) is 1. The fourth-order valence-corrected chi connectivity index (χ4v) is 2.08. The average molecular weight is 295 g/mol. The lowest BCUT2D eigenvalue weighted by atomic mass is 10.1. The van der Waals surface area contributed by atoms with Crippen LogP contribution in [0.4, 0.5) is 0 Å². The maximum Gasteiger partial charge on any atom is 0.330 e. The van der Waals surface area contributed by atoms with E-state index in [-0.39, 0.29) is 13.0 Å². The van der Waals surface area contributed by atoms with E-state index >= 15 is 0 Å². The number of ether oxygens (including phenoxy) is 2. The van der Waals surface area contributed by atoms with Crippen LogP contribution in [0.5, 0.6) is 0 Å². The van der Waals surface area contributed by atoms with Crippen LogP contribution >= 0.6 is 0 Å². The summed E-state index contributed by atoms with van der Waals surface area (Å²) in [7, 11) is 0. The Morgan fingerprint density at radius 2 is 2.43 bits per heavy atom. The summed E-state index contributed by atoms with van der Waals surface area (Å²) in [5.74, 6) is -0.483. The van der Waals surface area contributed by atoms with Crippen molar-refractivity contribution in [2.45, 2.75) is 31.7 Å². The van der Waals surface area contributed by atoms with Crippen molar-refractivity contribution in [1.82, 2.24) is 9.55 Å². The van der Waals surface area contributed by atoms with Gasteiger partial charge < -0.3 is 9.47 Å². The number of H-pyrrole nitrogens is 1. The first-order valence-electron chi connectivity index (χ1n) is 6.15. The number of aromatic nitrogens is 2.